The fourth-order valence-corrected chi connectivity index (χ4v) is 5.49. The van der Waals surface area contributed by atoms with Gasteiger partial charge in [0.15, 0.2) is 11.5 Å². The Hall–Kier alpha value is -3.73. The summed E-state index contributed by atoms with van der Waals surface area (Å²) < 4.78 is 12.4. The molecule has 4 heterocycles. The largest absolute Gasteiger partial charge is 0.453 e. The number of carbonyl (C=O) groups is 1. The Morgan fingerprint density at radius 1 is 1.02 bits per heavy atom. The number of nitrogens with zero attached hydrogens (tertiary/aromatic N) is 6. The van der Waals surface area contributed by atoms with Crippen LogP contribution in [0.5, 0.6) is 0 Å². The van der Waals surface area contributed by atoms with Crippen molar-refractivity contribution in [2.24, 2.45) is 0 Å². The van der Waals surface area contributed by atoms with E-state index in [1.54, 1.807) is 0 Å². The van der Waals surface area contributed by atoms with Gasteiger partial charge >= 0.3 is 6.09 Å². The number of fused-ring (bicyclic) bond motifs is 1. The van der Waals surface area contributed by atoms with Gasteiger partial charge in [0.1, 0.15) is 5.82 Å². The summed E-state index contributed by atoms with van der Waals surface area (Å²) in [4.78, 5) is 26.4. The van der Waals surface area contributed by atoms with Crippen LogP contribution < -0.4 is 10.2 Å². The molecule has 0 aliphatic carbocycles. The number of halogens is 1. The van der Waals surface area contributed by atoms with E-state index in [0.717, 1.165) is 73.0 Å². The molecule has 208 valence electrons. The van der Waals surface area contributed by atoms with Crippen LogP contribution in [-0.4, -0.2) is 77.2 Å². The summed E-state index contributed by atoms with van der Waals surface area (Å²) in [5, 5.41) is 9.25. The fourth-order valence-electron chi connectivity index (χ4n) is 5.36. The third kappa shape index (κ3) is 5.74. The third-order valence-corrected chi connectivity index (χ3v) is 7.79. The van der Waals surface area contributed by atoms with Gasteiger partial charge in [-0.2, -0.15) is 5.10 Å². The molecule has 10 nitrogen and oxygen atoms in total. The number of likely N-dealkylation sites (tertiary alicyclic amines) is 1. The Labute approximate surface area is 237 Å². The number of morpholine rings is 1. The number of benzene rings is 2. The van der Waals surface area contributed by atoms with E-state index >= 15 is 0 Å². The predicted octanol–water partition coefficient (Wildman–Crippen LogP) is 5.00. The molecule has 2 aliphatic heterocycles. The number of hydrogen-bond donors (Lipinski definition) is 1. The number of hydrogen-bond acceptors (Lipinski definition) is 8. The highest BCUT2D eigenvalue weighted by atomic mass is 35.5. The van der Waals surface area contributed by atoms with Crippen molar-refractivity contribution in [3.05, 3.63) is 65.3 Å². The lowest BCUT2D eigenvalue weighted by atomic mass is 10.0. The molecule has 6 rings (SSSR count). The van der Waals surface area contributed by atoms with Crippen molar-refractivity contribution in [3.63, 3.8) is 0 Å². The van der Waals surface area contributed by atoms with E-state index in [1.165, 1.54) is 12.7 Å². The van der Waals surface area contributed by atoms with Crippen molar-refractivity contribution < 1.29 is 14.3 Å². The summed E-state index contributed by atoms with van der Waals surface area (Å²) in [6.45, 7) is 5.74. The molecule has 0 spiro atoms. The van der Waals surface area contributed by atoms with Crippen LogP contribution in [0.3, 0.4) is 0 Å². The highest BCUT2D eigenvalue weighted by Crippen LogP contribution is 2.32. The van der Waals surface area contributed by atoms with Crippen LogP contribution in [-0.2, 0) is 16.0 Å². The van der Waals surface area contributed by atoms with E-state index in [1.807, 2.05) is 42.6 Å². The zero-order valence-electron chi connectivity index (χ0n) is 22.4. The number of rotatable bonds is 6. The number of ether oxygens (including phenoxy) is 2. The molecule has 1 N–H and O–H groups in total. The predicted molar refractivity (Wildman–Crippen MR) is 155 cm³/mol. The number of nitrogens with one attached hydrogen (secondary N) is 1. The zero-order chi connectivity index (χ0) is 27.5. The lowest BCUT2D eigenvalue weighted by Crippen LogP contribution is -2.37. The minimum absolute atomic E-state index is 0.255. The molecule has 0 bridgehead atoms. The highest BCUT2D eigenvalue weighted by Gasteiger charge is 2.26. The normalized spacial score (nSPS) is 16.8. The molecule has 0 saturated carbocycles. The molecule has 0 atom stereocenters. The van der Waals surface area contributed by atoms with Crippen molar-refractivity contribution >= 4 is 40.2 Å². The second-order valence-electron chi connectivity index (χ2n) is 10.1. The molecule has 40 heavy (non-hydrogen) atoms. The third-order valence-electron chi connectivity index (χ3n) is 7.54. The van der Waals surface area contributed by atoms with Crippen LogP contribution >= 0.6 is 11.6 Å². The van der Waals surface area contributed by atoms with Gasteiger partial charge in [0.25, 0.3) is 0 Å². The van der Waals surface area contributed by atoms with Crippen molar-refractivity contribution in [2.75, 3.05) is 56.7 Å². The maximum Gasteiger partial charge on any atom is 0.411 e. The van der Waals surface area contributed by atoms with Crippen molar-refractivity contribution in [1.29, 1.82) is 0 Å². The van der Waals surface area contributed by atoms with Gasteiger partial charge in [0.2, 0.25) is 0 Å². The smallest absolute Gasteiger partial charge is 0.411 e. The minimum atomic E-state index is -0.511. The number of carbonyl (C=O) groups excluding carboxylic acids is 1. The summed E-state index contributed by atoms with van der Waals surface area (Å²) in [6.07, 6.45) is 3.38. The first-order valence-electron chi connectivity index (χ1n) is 13.6. The second-order valence-corrected chi connectivity index (χ2v) is 10.6. The molecule has 4 aromatic rings. The first-order chi connectivity index (χ1) is 19.6. The van der Waals surface area contributed by atoms with Gasteiger partial charge in [-0.3, -0.25) is 10.2 Å². The lowest BCUT2D eigenvalue weighted by Gasteiger charge is -2.32. The minimum Gasteiger partial charge on any atom is -0.453 e. The molecule has 2 saturated heterocycles. The van der Waals surface area contributed by atoms with Gasteiger partial charge in [-0.05, 0) is 54.8 Å². The summed E-state index contributed by atoms with van der Waals surface area (Å²) in [7, 11) is 1.34. The van der Waals surface area contributed by atoms with Crippen LogP contribution in [0.1, 0.15) is 24.4 Å². The first kappa shape index (κ1) is 26.5. The monoisotopic (exact) mass is 561 g/mol. The zero-order valence-corrected chi connectivity index (χ0v) is 23.2. The van der Waals surface area contributed by atoms with Gasteiger partial charge in [-0.15, -0.1) is 0 Å². The summed E-state index contributed by atoms with van der Waals surface area (Å²) in [6, 6.07) is 15.8. The van der Waals surface area contributed by atoms with Crippen LogP contribution in [0.15, 0.2) is 54.7 Å². The van der Waals surface area contributed by atoms with E-state index in [0.29, 0.717) is 24.7 Å². The average Bonchev–Trinajstić information content (AvgIpc) is 3.43. The first-order valence-corrected chi connectivity index (χ1v) is 14.0. The second kappa shape index (κ2) is 11.8. The number of aromatic nitrogens is 4. The number of piperidine rings is 1. The van der Waals surface area contributed by atoms with E-state index in [4.69, 9.17) is 36.1 Å². The van der Waals surface area contributed by atoms with E-state index < -0.39 is 6.09 Å². The molecule has 11 heteroatoms. The fraction of sp³-hybridized carbons (Fsp3) is 0.379. The molecule has 0 radical (unpaired) electrons. The Morgan fingerprint density at radius 3 is 2.45 bits per heavy atom. The van der Waals surface area contributed by atoms with Crippen LogP contribution in [0.4, 0.5) is 16.3 Å². The number of anilines is 2. The Balaban J connectivity index is 1.27. The number of amides is 1. The van der Waals surface area contributed by atoms with Crippen LogP contribution in [0, 0.1) is 0 Å². The average molecular weight is 562 g/mol. The molecular weight excluding hydrogens is 530 g/mol. The van der Waals surface area contributed by atoms with Gasteiger partial charge in [0, 0.05) is 49.0 Å². The maximum absolute atomic E-state index is 11.6. The summed E-state index contributed by atoms with van der Waals surface area (Å²) in [5.74, 6) is 1.51. The van der Waals surface area contributed by atoms with Crippen molar-refractivity contribution in [3.8, 4) is 11.4 Å². The van der Waals surface area contributed by atoms with Gasteiger partial charge in [0.05, 0.1) is 37.9 Å². The Kier molecular flexibility index (Phi) is 7.81. The highest BCUT2D eigenvalue weighted by molar-refractivity contribution is 6.30. The molecule has 2 aromatic heterocycles. The standard InChI is InChI=1S/C29H32ClN7O3/c1-39-29(38)32-23-8-4-21(5-9-23)26-33-27(36-14-16-40-17-15-36)25-18-31-37(28(25)34-26)24-10-12-35(13-11-24)19-20-2-6-22(30)7-3-20/h2-9,18,24H,10-17,19H2,1H3,(H,32,38). The van der Waals surface area contributed by atoms with Crippen molar-refractivity contribution in [1.82, 2.24) is 24.6 Å². The van der Waals surface area contributed by atoms with Crippen LogP contribution in [0.25, 0.3) is 22.4 Å². The maximum atomic E-state index is 11.6. The lowest BCUT2D eigenvalue weighted by molar-refractivity contribution is 0.122. The molecule has 0 unspecified atom stereocenters. The van der Waals surface area contributed by atoms with E-state index in [2.05, 4.69) is 31.9 Å². The summed E-state index contributed by atoms with van der Waals surface area (Å²) in [5.41, 5.74) is 3.62. The molecule has 2 fully saturated rings. The molecule has 1 amide bonds. The van der Waals surface area contributed by atoms with Crippen LogP contribution in [0.2, 0.25) is 5.02 Å². The van der Waals surface area contributed by atoms with E-state index in [9.17, 15) is 4.79 Å². The van der Waals surface area contributed by atoms with E-state index in [-0.39, 0.29) is 6.04 Å². The van der Waals surface area contributed by atoms with Gasteiger partial charge in [-0.1, -0.05) is 23.7 Å². The quantitative estimate of drug-likeness (QED) is 0.351. The van der Waals surface area contributed by atoms with Crippen molar-refractivity contribution in [2.45, 2.75) is 25.4 Å². The Morgan fingerprint density at radius 2 is 1.75 bits per heavy atom. The molecule has 2 aliphatic rings. The topological polar surface area (TPSA) is 97.6 Å². The Bertz CT molecular complexity index is 1460. The van der Waals surface area contributed by atoms with Gasteiger partial charge in [-0.25, -0.2) is 19.4 Å². The molecular formula is C29H32ClN7O3. The summed E-state index contributed by atoms with van der Waals surface area (Å²) >= 11 is 6.06. The number of methoxy groups -OCH3 is 1. The van der Waals surface area contributed by atoms with Gasteiger partial charge < -0.3 is 14.4 Å². The SMILES string of the molecule is COC(=O)Nc1ccc(-c2nc(N3CCOCC3)c3cnn(C4CCN(Cc5ccc(Cl)cc5)CC4)c3n2)cc1. The molecule has 2 aromatic carbocycles.